The van der Waals surface area contributed by atoms with E-state index in [4.69, 9.17) is 13.9 Å². The first-order chi connectivity index (χ1) is 12.0. The summed E-state index contributed by atoms with van der Waals surface area (Å²) in [6.07, 6.45) is 4.24. The highest BCUT2D eigenvalue weighted by atomic mass is 28.4. The van der Waals surface area contributed by atoms with Gasteiger partial charge < -0.3 is 19.0 Å². The fourth-order valence-corrected chi connectivity index (χ4v) is 5.32. The second-order valence-electron chi connectivity index (χ2n) is 9.56. The first-order valence-corrected chi connectivity index (χ1v) is 13.2. The Morgan fingerprint density at radius 1 is 1.31 bits per heavy atom. The second-order valence-corrected chi connectivity index (χ2v) is 14.2. The lowest BCUT2D eigenvalue weighted by molar-refractivity contribution is -0.135. The monoisotopic (exact) mass is 384 g/mol. The maximum absolute atomic E-state index is 11.1. The lowest BCUT2D eigenvalue weighted by Gasteiger charge is -2.46. The summed E-state index contributed by atoms with van der Waals surface area (Å²) in [6.45, 7) is 16.3. The van der Waals surface area contributed by atoms with Crippen LogP contribution in [0.5, 0.6) is 0 Å². The summed E-state index contributed by atoms with van der Waals surface area (Å²) in [7, 11) is -0.155. The molecule has 1 saturated heterocycles. The Morgan fingerprint density at radius 3 is 2.38 bits per heavy atom. The second kappa shape index (κ2) is 8.44. The number of aliphatic hydroxyl groups excluding tert-OH is 1. The van der Waals surface area contributed by atoms with Crippen LogP contribution in [-0.2, 0) is 13.9 Å². The average molecular weight is 385 g/mol. The van der Waals surface area contributed by atoms with Crippen LogP contribution in [0.15, 0.2) is 11.6 Å². The summed E-state index contributed by atoms with van der Waals surface area (Å²) in [5.41, 5.74) is 1.57. The van der Waals surface area contributed by atoms with Crippen LogP contribution in [0.25, 0.3) is 0 Å². The zero-order valence-electron chi connectivity index (χ0n) is 18.0. The fraction of sp³-hybridized carbons (Fsp3) is 0.905. The van der Waals surface area contributed by atoms with Crippen LogP contribution in [0.2, 0.25) is 18.6 Å². The van der Waals surface area contributed by atoms with Gasteiger partial charge in [0.15, 0.2) is 8.32 Å². The van der Waals surface area contributed by atoms with E-state index >= 15 is 0 Å². The summed E-state index contributed by atoms with van der Waals surface area (Å²) in [5.74, 6) is 0.805. The quantitative estimate of drug-likeness (QED) is 0.379. The van der Waals surface area contributed by atoms with Crippen LogP contribution in [0.3, 0.4) is 0 Å². The number of ether oxygens (including phenoxy) is 2. The highest BCUT2D eigenvalue weighted by molar-refractivity contribution is 6.72. The van der Waals surface area contributed by atoms with E-state index in [1.165, 1.54) is 12.0 Å². The Morgan fingerprint density at radius 2 is 1.92 bits per heavy atom. The molecule has 1 spiro atoms. The first-order valence-electron chi connectivity index (χ1n) is 10.2. The van der Waals surface area contributed by atoms with Crippen molar-refractivity contribution in [3.8, 4) is 0 Å². The van der Waals surface area contributed by atoms with E-state index in [-0.39, 0.29) is 23.7 Å². The van der Waals surface area contributed by atoms with Crippen LogP contribution in [0.1, 0.15) is 53.9 Å². The molecule has 0 unspecified atom stereocenters. The summed E-state index contributed by atoms with van der Waals surface area (Å²) < 4.78 is 18.3. The predicted molar refractivity (Wildman–Crippen MR) is 109 cm³/mol. The van der Waals surface area contributed by atoms with E-state index in [1.807, 2.05) is 0 Å². The zero-order chi connectivity index (χ0) is 19.7. The van der Waals surface area contributed by atoms with Crippen molar-refractivity contribution in [1.82, 2.24) is 0 Å². The van der Waals surface area contributed by atoms with Gasteiger partial charge in [0.2, 0.25) is 0 Å². The SMILES string of the molecule is CO[C@@H]1[C@@H](O)[C@@H](O[Si](C)(C)C(C)C)C[C@]2(CO2)[C@H]1C(C)=CCCC(C)C. The molecule has 1 aliphatic carbocycles. The van der Waals surface area contributed by atoms with Gasteiger partial charge in [0, 0.05) is 19.4 Å². The van der Waals surface area contributed by atoms with E-state index in [1.54, 1.807) is 7.11 Å². The molecule has 5 heteroatoms. The van der Waals surface area contributed by atoms with E-state index in [0.29, 0.717) is 11.5 Å². The van der Waals surface area contributed by atoms with Crippen molar-refractivity contribution in [3.63, 3.8) is 0 Å². The van der Waals surface area contributed by atoms with Crippen LogP contribution in [0, 0.1) is 11.8 Å². The molecule has 26 heavy (non-hydrogen) atoms. The highest BCUT2D eigenvalue weighted by Crippen LogP contribution is 2.51. The van der Waals surface area contributed by atoms with E-state index in [0.717, 1.165) is 19.4 Å². The molecule has 0 aromatic rings. The van der Waals surface area contributed by atoms with Gasteiger partial charge in [-0.2, -0.15) is 0 Å². The highest BCUT2D eigenvalue weighted by Gasteiger charge is 2.62. The summed E-state index contributed by atoms with van der Waals surface area (Å²) in [5, 5.41) is 11.1. The molecule has 152 valence electrons. The lowest BCUT2D eigenvalue weighted by atomic mass is 9.71. The third-order valence-electron chi connectivity index (χ3n) is 6.49. The van der Waals surface area contributed by atoms with Gasteiger partial charge in [0.25, 0.3) is 0 Å². The molecular weight excluding hydrogens is 344 g/mol. The first kappa shape index (κ1) is 22.1. The zero-order valence-corrected chi connectivity index (χ0v) is 19.0. The molecule has 4 nitrogen and oxygen atoms in total. The molecule has 0 aromatic heterocycles. The van der Waals surface area contributed by atoms with Gasteiger partial charge in [-0.1, -0.05) is 39.3 Å². The third kappa shape index (κ3) is 4.79. The van der Waals surface area contributed by atoms with Crippen molar-refractivity contribution in [2.24, 2.45) is 11.8 Å². The van der Waals surface area contributed by atoms with Gasteiger partial charge in [-0.05, 0) is 44.3 Å². The molecule has 1 saturated carbocycles. The van der Waals surface area contributed by atoms with Crippen LogP contribution < -0.4 is 0 Å². The molecular formula is C21H40O4Si. The Hall–Kier alpha value is -0.203. The summed E-state index contributed by atoms with van der Waals surface area (Å²) in [6, 6.07) is 0. The normalized spacial score (nSPS) is 35.6. The third-order valence-corrected chi connectivity index (χ3v) is 10.2. The van der Waals surface area contributed by atoms with Crippen molar-refractivity contribution in [2.45, 2.75) is 96.4 Å². The van der Waals surface area contributed by atoms with Gasteiger partial charge in [-0.3, -0.25) is 0 Å². The number of epoxide rings is 1. The molecule has 0 radical (unpaired) electrons. The molecule has 2 aliphatic rings. The smallest absolute Gasteiger partial charge is 0.189 e. The summed E-state index contributed by atoms with van der Waals surface area (Å²) in [4.78, 5) is 0. The number of allylic oxidation sites excluding steroid dienone is 1. The van der Waals surface area contributed by atoms with Gasteiger partial charge >= 0.3 is 0 Å². The Kier molecular flexibility index (Phi) is 7.17. The van der Waals surface area contributed by atoms with Crippen LogP contribution >= 0.6 is 0 Å². The van der Waals surface area contributed by atoms with Gasteiger partial charge in [-0.15, -0.1) is 0 Å². The minimum absolute atomic E-state index is 0.110. The van der Waals surface area contributed by atoms with Crippen LogP contribution in [-0.4, -0.2) is 51.1 Å². The fourth-order valence-electron chi connectivity index (χ4n) is 4.04. The maximum atomic E-state index is 11.1. The average Bonchev–Trinajstić information content (AvgIpc) is 3.29. The predicted octanol–water partition coefficient (Wildman–Crippen LogP) is 4.53. The molecule has 1 heterocycles. The Bertz CT molecular complexity index is 496. The molecule has 0 amide bonds. The molecule has 0 bridgehead atoms. The molecule has 2 rings (SSSR count). The minimum atomic E-state index is -1.86. The van der Waals surface area contributed by atoms with E-state index in [2.05, 4.69) is 53.8 Å². The molecule has 2 fully saturated rings. The topological polar surface area (TPSA) is 51.2 Å². The Balaban J connectivity index is 2.18. The molecule has 1 aliphatic heterocycles. The number of aliphatic hydroxyl groups is 1. The van der Waals surface area contributed by atoms with Gasteiger partial charge in [0.05, 0.1) is 18.8 Å². The summed E-state index contributed by atoms with van der Waals surface area (Å²) >= 11 is 0. The van der Waals surface area contributed by atoms with E-state index in [9.17, 15) is 5.11 Å². The minimum Gasteiger partial charge on any atom is -0.411 e. The van der Waals surface area contributed by atoms with Crippen molar-refractivity contribution in [2.75, 3.05) is 13.7 Å². The maximum Gasteiger partial charge on any atom is 0.189 e. The molecule has 0 aromatic carbocycles. The van der Waals surface area contributed by atoms with Crippen molar-refractivity contribution >= 4 is 8.32 Å². The molecule has 5 atom stereocenters. The van der Waals surface area contributed by atoms with Gasteiger partial charge in [-0.25, -0.2) is 0 Å². The van der Waals surface area contributed by atoms with Crippen molar-refractivity contribution < 1.29 is 19.0 Å². The number of hydrogen-bond donors (Lipinski definition) is 1. The number of methoxy groups -OCH3 is 1. The van der Waals surface area contributed by atoms with E-state index < -0.39 is 14.4 Å². The van der Waals surface area contributed by atoms with Crippen LogP contribution in [0.4, 0.5) is 0 Å². The van der Waals surface area contributed by atoms with Crippen molar-refractivity contribution in [1.29, 1.82) is 0 Å². The van der Waals surface area contributed by atoms with Gasteiger partial charge in [0.1, 0.15) is 11.7 Å². The largest absolute Gasteiger partial charge is 0.411 e. The Labute approximate surface area is 161 Å². The standard InChI is InChI=1S/C21H40O4Si/c1-14(2)10-9-11-16(5)18-20(23-6)19(22)17(12-21(18)13-24-21)25-26(7,8)15(3)4/h11,14-15,17-20,22H,9-10,12-13H2,1-8H3/t17-,18-,19-,20-,21-/m0/s1. The lowest BCUT2D eigenvalue weighted by Crippen LogP contribution is -2.58. The van der Waals surface area contributed by atoms with Crippen molar-refractivity contribution in [3.05, 3.63) is 11.6 Å². The number of rotatable bonds is 8. The molecule has 1 N–H and O–H groups in total. The number of hydrogen-bond acceptors (Lipinski definition) is 4.